The second-order valence-corrected chi connectivity index (χ2v) is 4.00. The highest BCUT2D eigenvalue weighted by Crippen LogP contribution is 2.10. The summed E-state index contributed by atoms with van der Waals surface area (Å²) in [4.78, 5) is 21.6. The summed E-state index contributed by atoms with van der Waals surface area (Å²) in [6.45, 7) is 1.48. The fourth-order valence-corrected chi connectivity index (χ4v) is 1.30. The molecular formula is C10H15N5O. The van der Waals surface area contributed by atoms with E-state index in [-0.39, 0.29) is 11.8 Å². The van der Waals surface area contributed by atoms with Gasteiger partial charge in [0.25, 0.3) is 0 Å². The lowest BCUT2D eigenvalue weighted by molar-refractivity contribution is -0.121. The van der Waals surface area contributed by atoms with Crippen LogP contribution < -0.4 is 15.5 Å². The van der Waals surface area contributed by atoms with Crippen molar-refractivity contribution in [3.8, 4) is 0 Å². The van der Waals surface area contributed by atoms with Gasteiger partial charge in [-0.25, -0.2) is 9.97 Å². The zero-order valence-corrected chi connectivity index (χ0v) is 9.40. The lowest BCUT2D eigenvalue weighted by atomic mass is 10.0. The predicted octanol–water partition coefficient (Wildman–Crippen LogP) is -0.299. The summed E-state index contributed by atoms with van der Waals surface area (Å²) in [6, 6.07) is 0. The lowest BCUT2D eigenvalue weighted by Crippen LogP contribution is -2.48. The maximum atomic E-state index is 11.6. The number of nitrogens with zero attached hydrogens (tertiary/aromatic N) is 3. The summed E-state index contributed by atoms with van der Waals surface area (Å²) in [6.07, 6.45) is 3.36. The molecule has 1 saturated heterocycles. The van der Waals surface area contributed by atoms with E-state index in [4.69, 9.17) is 0 Å². The Morgan fingerprint density at radius 3 is 2.50 bits per heavy atom. The van der Waals surface area contributed by atoms with Crippen molar-refractivity contribution in [1.29, 1.82) is 0 Å². The molecule has 0 saturated carbocycles. The molecule has 0 aromatic carbocycles. The first-order valence-electron chi connectivity index (χ1n) is 5.18. The number of carbonyl (C=O) groups excluding carboxylic acids is 1. The van der Waals surface area contributed by atoms with E-state index in [1.807, 2.05) is 19.0 Å². The van der Waals surface area contributed by atoms with Crippen LogP contribution in [0, 0.1) is 5.92 Å². The van der Waals surface area contributed by atoms with Gasteiger partial charge < -0.3 is 10.2 Å². The van der Waals surface area contributed by atoms with E-state index in [9.17, 15) is 4.79 Å². The van der Waals surface area contributed by atoms with Gasteiger partial charge in [0.15, 0.2) is 0 Å². The molecule has 1 fully saturated rings. The highest BCUT2D eigenvalue weighted by Gasteiger charge is 2.25. The van der Waals surface area contributed by atoms with E-state index < -0.39 is 0 Å². The fourth-order valence-electron chi connectivity index (χ4n) is 1.30. The normalized spacial score (nSPS) is 15.4. The van der Waals surface area contributed by atoms with E-state index in [0.717, 1.165) is 18.8 Å². The molecule has 1 aliphatic heterocycles. The quantitative estimate of drug-likeness (QED) is 0.733. The molecule has 0 unspecified atom stereocenters. The van der Waals surface area contributed by atoms with Crippen LogP contribution in [0.2, 0.25) is 0 Å². The average molecular weight is 221 g/mol. The van der Waals surface area contributed by atoms with Gasteiger partial charge in [-0.2, -0.15) is 0 Å². The third kappa shape index (κ3) is 2.27. The minimum absolute atomic E-state index is 0.0173. The third-order valence-corrected chi connectivity index (χ3v) is 2.54. The van der Waals surface area contributed by atoms with Crippen LogP contribution in [0.4, 0.5) is 11.6 Å². The van der Waals surface area contributed by atoms with Gasteiger partial charge in [-0.3, -0.25) is 10.1 Å². The Morgan fingerprint density at radius 1 is 1.44 bits per heavy atom. The predicted molar refractivity (Wildman–Crippen MR) is 61.3 cm³/mol. The Bertz CT molecular complexity index is 371. The van der Waals surface area contributed by atoms with E-state index in [0.29, 0.717) is 5.95 Å². The van der Waals surface area contributed by atoms with E-state index in [2.05, 4.69) is 20.6 Å². The number of hydrogen-bond donors (Lipinski definition) is 2. The van der Waals surface area contributed by atoms with Crippen molar-refractivity contribution in [3.05, 3.63) is 12.4 Å². The summed E-state index contributed by atoms with van der Waals surface area (Å²) in [5.74, 6) is 0.399. The van der Waals surface area contributed by atoms with Crippen LogP contribution >= 0.6 is 0 Å². The second-order valence-electron chi connectivity index (χ2n) is 4.00. The fraction of sp³-hybridized carbons (Fsp3) is 0.500. The Balaban J connectivity index is 1.96. The van der Waals surface area contributed by atoms with Gasteiger partial charge >= 0.3 is 0 Å². The topological polar surface area (TPSA) is 70.2 Å². The lowest BCUT2D eigenvalue weighted by Gasteiger charge is -2.25. The first kappa shape index (κ1) is 10.8. The number of hydrogen-bond acceptors (Lipinski definition) is 5. The van der Waals surface area contributed by atoms with Crippen LogP contribution in [-0.4, -0.2) is 43.1 Å². The molecule has 1 aromatic heterocycles. The molecule has 6 heteroatoms. The maximum Gasteiger partial charge on any atom is 0.232 e. The van der Waals surface area contributed by atoms with Crippen LogP contribution in [-0.2, 0) is 4.79 Å². The number of carbonyl (C=O) groups is 1. The second kappa shape index (κ2) is 4.44. The van der Waals surface area contributed by atoms with Gasteiger partial charge in [-0.05, 0) is 0 Å². The monoisotopic (exact) mass is 221 g/mol. The zero-order valence-electron chi connectivity index (χ0n) is 9.40. The van der Waals surface area contributed by atoms with Gasteiger partial charge in [0.2, 0.25) is 11.9 Å². The average Bonchev–Trinajstić information content (AvgIpc) is 2.15. The third-order valence-electron chi connectivity index (χ3n) is 2.54. The van der Waals surface area contributed by atoms with Gasteiger partial charge in [0, 0.05) is 27.2 Å². The molecule has 0 aliphatic carbocycles. The summed E-state index contributed by atoms with van der Waals surface area (Å²) in [7, 11) is 3.83. The molecule has 2 heterocycles. The summed E-state index contributed by atoms with van der Waals surface area (Å²) >= 11 is 0. The Hall–Kier alpha value is -1.69. The minimum atomic E-state index is -0.0173. The van der Waals surface area contributed by atoms with Crippen molar-refractivity contribution in [1.82, 2.24) is 15.3 Å². The van der Waals surface area contributed by atoms with Crippen molar-refractivity contribution in [2.75, 3.05) is 37.4 Å². The standard InChI is InChI=1S/C10H15N5O/c1-15(2)8-5-12-10(13-6-8)14-9(16)7-3-11-4-7/h5-7,11H,3-4H2,1-2H3,(H,12,13,14,16). The molecule has 2 N–H and O–H groups in total. The molecule has 0 radical (unpaired) electrons. The Labute approximate surface area is 94.1 Å². The van der Waals surface area contributed by atoms with Crippen molar-refractivity contribution >= 4 is 17.5 Å². The van der Waals surface area contributed by atoms with Gasteiger partial charge in [-0.15, -0.1) is 0 Å². The molecule has 0 bridgehead atoms. The highest BCUT2D eigenvalue weighted by atomic mass is 16.2. The highest BCUT2D eigenvalue weighted by molar-refractivity contribution is 5.91. The van der Waals surface area contributed by atoms with Gasteiger partial charge in [-0.1, -0.05) is 0 Å². The molecular weight excluding hydrogens is 206 g/mol. The number of aromatic nitrogens is 2. The van der Waals surface area contributed by atoms with Crippen LogP contribution in [0.15, 0.2) is 12.4 Å². The smallest absolute Gasteiger partial charge is 0.232 e. The number of nitrogens with one attached hydrogen (secondary N) is 2. The molecule has 86 valence electrons. The van der Waals surface area contributed by atoms with Crippen LogP contribution in [0.5, 0.6) is 0 Å². The van der Waals surface area contributed by atoms with Crippen molar-refractivity contribution < 1.29 is 4.79 Å². The number of rotatable bonds is 3. The van der Waals surface area contributed by atoms with E-state index >= 15 is 0 Å². The number of anilines is 2. The van der Waals surface area contributed by atoms with Crippen LogP contribution in [0.1, 0.15) is 0 Å². The van der Waals surface area contributed by atoms with Crippen LogP contribution in [0.25, 0.3) is 0 Å². The van der Waals surface area contributed by atoms with E-state index in [1.165, 1.54) is 0 Å². The van der Waals surface area contributed by atoms with Gasteiger partial charge in [0.05, 0.1) is 24.0 Å². The largest absolute Gasteiger partial charge is 0.375 e. The molecule has 16 heavy (non-hydrogen) atoms. The first-order chi connectivity index (χ1) is 7.66. The Morgan fingerprint density at radius 2 is 2.06 bits per heavy atom. The number of amides is 1. The SMILES string of the molecule is CN(C)c1cnc(NC(=O)C2CNC2)nc1. The molecule has 2 rings (SSSR count). The molecule has 1 aliphatic rings. The molecule has 0 atom stereocenters. The summed E-state index contributed by atoms with van der Waals surface area (Å²) in [5.41, 5.74) is 0.906. The molecule has 1 aromatic rings. The van der Waals surface area contributed by atoms with Crippen LogP contribution in [0.3, 0.4) is 0 Å². The summed E-state index contributed by atoms with van der Waals surface area (Å²) in [5, 5.41) is 5.73. The zero-order chi connectivity index (χ0) is 11.5. The first-order valence-corrected chi connectivity index (χ1v) is 5.18. The molecule has 0 spiro atoms. The molecule has 1 amide bonds. The molecule has 6 nitrogen and oxygen atoms in total. The summed E-state index contributed by atoms with van der Waals surface area (Å²) < 4.78 is 0. The minimum Gasteiger partial charge on any atom is -0.375 e. The Kier molecular flexibility index (Phi) is 3.00. The van der Waals surface area contributed by atoms with Crippen molar-refractivity contribution in [3.63, 3.8) is 0 Å². The van der Waals surface area contributed by atoms with Crippen molar-refractivity contribution in [2.45, 2.75) is 0 Å². The van der Waals surface area contributed by atoms with E-state index in [1.54, 1.807) is 12.4 Å². The van der Waals surface area contributed by atoms with Gasteiger partial charge in [0.1, 0.15) is 0 Å². The maximum absolute atomic E-state index is 11.6. The van der Waals surface area contributed by atoms with Crippen molar-refractivity contribution in [2.24, 2.45) is 5.92 Å².